The molecule has 0 unspecified atom stereocenters. The smallest absolute Gasteiger partial charge is 0.216 e. The lowest BCUT2D eigenvalue weighted by Crippen LogP contribution is -2.22. The molecule has 0 atom stereocenters. The number of nitrogens with one attached hydrogen (secondary N) is 1. The van der Waals surface area contributed by atoms with Crippen molar-refractivity contribution in [2.75, 3.05) is 13.7 Å². The maximum absolute atomic E-state index is 10.7. The number of methoxy groups -OCH3 is 1. The molecule has 1 aromatic carbocycles. The second-order valence-corrected chi connectivity index (χ2v) is 5.03. The molecule has 1 N–H and O–H groups in total. The van der Waals surface area contributed by atoms with Gasteiger partial charge in [-0.3, -0.25) is 4.79 Å². The largest absolute Gasteiger partial charge is 0.494 e. The second kappa shape index (κ2) is 6.25. The number of benzene rings is 1. The maximum Gasteiger partial charge on any atom is 0.216 e. The van der Waals surface area contributed by atoms with Crippen molar-refractivity contribution in [1.29, 1.82) is 0 Å². The number of ether oxygens (including phenoxy) is 1. The van der Waals surface area contributed by atoms with Crippen molar-refractivity contribution >= 4 is 37.8 Å². The van der Waals surface area contributed by atoms with Crippen molar-refractivity contribution in [1.82, 2.24) is 5.32 Å². The molecule has 0 aliphatic rings. The van der Waals surface area contributed by atoms with Crippen molar-refractivity contribution in [3.63, 3.8) is 0 Å². The second-order valence-electron chi connectivity index (χ2n) is 3.33. The fraction of sp³-hybridized carbons (Fsp3) is 0.364. The van der Waals surface area contributed by atoms with Crippen molar-refractivity contribution in [3.8, 4) is 5.75 Å². The van der Waals surface area contributed by atoms with Gasteiger partial charge in [0.1, 0.15) is 5.75 Å². The molecule has 5 heteroatoms. The van der Waals surface area contributed by atoms with E-state index in [1.807, 2.05) is 12.1 Å². The number of carbonyl (C=O) groups is 1. The summed E-state index contributed by atoms with van der Waals surface area (Å²) in [5.41, 5.74) is 1.13. The van der Waals surface area contributed by atoms with Gasteiger partial charge in [0, 0.05) is 13.5 Å². The first-order chi connectivity index (χ1) is 7.54. The molecule has 0 aromatic heterocycles. The minimum absolute atomic E-state index is 0.00774. The van der Waals surface area contributed by atoms with E-state index >= 15 is 0 Å². The number of carbonyl (C=O) groups excluding carboxylic acids is 1. The molecule has 0 saturated carbocycles. The number of amides is 1. The van der Waals surface area contributed by atoms with Crippen molar-refractivity contribution in [2.45, 2.75) is 13.3 Å². The topological polar surface area (TPSA) is 38.3 Å². The van der Waals surface area contributed by atoms with Crippen LogP contribution in [0.25, 0.3) is 0 Å². The van der Waals surface area contributed by atoms with Gasteiger partial charge in [0.2, 0.25) is 5.91 Å². The lowest BCUT2D eigenvalue weighted by atomic mass is 10.1. The molecule has 0 aliphatic carbocycles. The van der Waals surface area contributed by atoms with E-state index in [1.165, 1.54) is 6.92 Å². The first kappa shape index (κ1) is 13.5. The summed E-state index contributed by atoms with van der Waals surface area (Å²) < 4.78 is 7.02. The fourth-order valence-corrected chi connectivity index (χ4v) is 2.94. The summed E-state index contributed by atoms with van der Waals surface area (Å²) in [4.78, 5) is 10.7. The van der Waals surface area contributed by atoms with Crippen LogP contribution in [0.4, 0.5) is 0 Å². The molecular formula is C11H13Br2NO2. The van der Waals surface area contributed by atoms with Gasteiger partial charge in [-0.15, -0.1) is 0 Å². The van der Waals surface area contributed by atoms with Crippen LogP contribution in [-0.4, -0.2) is 19.6 Å². The summed E-state index contributed by atoms with van der Waals surface area (Å²) in [6, 6.07) is 3.98. The molecule has 1 aromatic rings. The third-order valence-corrected chi connectivity index (χ3v) is 3.23. The molecule has 0 saturated heterocycles. The molecule has 0 aliphatic heterocycles. The first-order valence-corrected chi connectivity index (χ1v) is 6.39. The molecule has 0 spiro atoms. The highest BCUT2D eigenvalue weighted by Gasteiger charge is 2.07. The number of halogens is 2. The molecular weight excluding hydrogens is 338 g/mol. The van der Waals surface area contributed by atoms with Gasteiger partial charge in [-0.2, -0.15) is 0 Å². The fourth-order valence-electron chi connectivity index (χ4n) is 1.33. The Balaban J connectivity index is 2.72. The molecule has 3 nitrogen and oxygen atoms in total. The molecule has 1 amide bonds. The van der Waals surface area contributed by atoms with E-state index in [4.69, 9.17) is 4.74 Å². The van der Waals surface area contributed by atoms with Gasteiger partial charge in [-0.05, 0) is 56.0 Å². The molecule has 16 heavy (non-hydrogen) atoms. The molecule has 0 heterocycles. The van der Waals surface area contributed by atoms with E-state index in [-0.39, 0.29) is 5.91 Å². The first-order valence-electron chi connectivity index (χ1n) is 4.81. The number of hydrogen-bond donors (Lipinski definition) is 1. The predicted molar refractivity (Wildman–Crippen MR) is 70.8 cm³/mol. The zero-order chi connectivity index (χ0) is 12.1. The Kier molecular flexibility index (Phi) is 5.28. The highest BCUT2D eigenvalue weighted by Crippen LogP contribution is 2.34. The van der Waals surface area contributed by atoms with Crippen molar-refractivity contribution in [2.24, 2.45) is 0 Å². The third kappa shape index (κ3) is 3.79. The Morgan fingerprint density at radius 3 is 2.38 bits per heavy atom. The monoisotopic (exact) mass is 349 g/mol. The standard InChI is InChI=1S/C11H13Br2NO2/c1-7(15)14-4-3-8-5-9(12)11(16-2)10(13)6-8/h5-6H,3-4H2,1-2H3,(H,14,15). The van der Waals surface area contributed by atoms with Gasteiger partial charge < -0.3 is 10.1 Å². The normalized spacial score (nSPS) is 10.0. The minimum atomic E-state index is -0.00774. The molecule has 0 fully saturated rings. The van der Waals surface area contributed by atoms with Crippen molar-refractivity contribution in [3.05, 3.63) is 26.6 Å². The predicted octanol–water partition coefficient (Wildman–Crippen LogP) is 2.90. The van der Waals surface area contributed by atoms with Crippen molar-refractivity contribution < 1.29 is 9.53 Å². The Morgan fingerprint density at radius 1 is 1.38 bits per heavy atom. The quantitative estimate of drug-likeness (QED) is 0.906. The highest BCUT2D eigenvalue weighted by atomic mass is 79.9. The van der Waals surface area contributed by atoms with Crippen LogP contribution in [0.3, 0.4) is 0 Å². The summed E-state index contributed by atoms with van der Waals surface area (Å²) in [6.45, 7) is 2.15. The third-order valence-electron chi connectivity index (χ3n) is 2.05. The van der Waals surface area contributed by atoms with E-state index in [0.717, 1.165) is 26.7 Å². The van der Waals surface area contributed by atoms with E-state index < -0.39 is 0 Å². The van der Waals surface area contributed by atoms with Gasteiger partial charge in [-0.25, -0.2) is 0 Å². The van der Waals surface area contributed by atoms with Crippen LogP contribution in [0.1, 0.15) is 12.5 Å². The van der Waals surface area contributed by atoms with Crippen LogP contribution in [-0.2, 0) is 11.2 Å². The summed E-state index contributed by atoms with van der Waals surface area (Å²) in [5, 5.41) is 2.76. The average Bonchev–Trinajstić information content (AvgIpc) is 2.16. The lowest BCUT2D eigenvalue weighted by molar-refractivity contribution is -0.118. The van der Waals surface area contributed by atoms with E-state index in [9.17, 15) is 4.79 Å². The van der Waals surface area contributed by atoms with Crippen LogP contribution in [0.15, 0.2) is 21.1 Å². The van der Waals surface area contributed by atoms with Gasteiger partial charge in [0.15, 0.2) is 0 Å². The lowest BCUT2D eigenvalue weighted by Gasteiger charge is -2.09. The van der Waals surface area contributed by atoms with Gasteiger partial charge in [0.25, 0.3) is 0 Å². The summed E-state index contributed by atoms with van der Waals surface area (Å²) in [6.07, 6.45) is 0.792. The van der Waals surface area contributed by atoms with Crippen LogP contribution >= 0.6 is 31.9 Å². The van der Waals surface area contributed by atoms with E-state index in [2.05, 4.69) is 37.2 Å². The Labute approximate surface area is 112 Å². The highest BCUT2D eigenvalue weighted by molar-refractivity contribution is 9.11. The van der Waals surface area contributed by atoms with Gasteiger partial charge in [-0.1, -0.05) is 0 Å². The number of hydrogen-bond acceptors (Lipinski definition) is 2. The van der Waals surface area contributed by atoms with Crippen LogP contribution in [0, 0.1) is 0 Å². The van der Waals surface area contributed by atoms with Crippen LogP contribution < -0.4 is 10.1 Å². The minimum Gasteiger partial charge on any atom is -0.494 e. The Hall–Kier alpha value is -0.550. The molecule has 0 radical (unpaired) electrons. The van der Waals surface area contributed by atoms with Gasteiger partial charge in [0.05, 0.1) is 16.1 Å². The summed E-state index contributed by atoms with van der Waals surface area (Å²) >= 11 is 6.87. The van der Waals surface area contributed by atoms with Crippen LogP contribution in [0.2, 0.25) is 0 Å². The summed E-state index contributed by atoms with van der Waals surface area (Å²) in [5.74, 6) is 0.773. The van der Waals surface area contributed by atoms with Crippen LogP contribution in [0.5, 0.6) is 5.75 Å². The average molecular weight is 351 g/mol. The maximum atomic E-state index is 10.7. The Bertz CT molecular complexity index is 371. The number of rotatable bonds is 4. The van der Waals surface area contributed by atoms with E-state index in [1.54, 1.807) is 7.11 Å². The summed E-state index contributed by atoms with van der Waals surface area (Å²) in [7, 11) is 1.63. The molecule has 88 valence electrons. The molecule has 1 rings (SSSR count). The zero-order valence-corrected chi connectivity index (χ0v) is 12.3. The molecule has 0 bridgehead atoms. The zero-order valence-electron chi connectivity index (χ0n) is 9.14. The SMILES string of the molecule is COc1c(Br)cc(CCNC(C)=O)cc1Br. The van der Waals surface area contributed by atoms with E-state index in [0.29, 0.717) is 6.54 Å². The van der Waals surface area contributed by atoms with Gasteiger partial charge >= 0.3 is 0 Å². The Morgan fingerprint density at radius 2 is 1.94 bits per heavy atom.